The molecule has 0 saturated heterocycles. The Morgan fingerprint density at radius 1 is 1.36 bits per heavy atom. The first-order valence-corrected chi connectivity index (χ1v) is 8.63. The van der Waals surface area contributed by atoms with Gasteiger partial charge in [-0.2, -0.15) is 0 Å². The number of aromatic nitrogens is 1. The number of thioether (sulfide) groups is 1. The van der Waals surface area contributed by atoms with Crippen LogP contribution in [-0.4, -0.2) is 29.2 Å². The van der Waals surface area contributed by atoms with Crippen molar-refractivity contribution in [1.82, 2.24) is 4.98 Å². The number of nitrogens with one attached hydrogen (secondary N) is 1. The molecular formula is C14H13ClN2O3S2. The van der Waals surface area contributed by atoms with E-state index in [0.717, 1.165) is 4.90 Å². The minimum absolute atomic E-state index is 0.190. The molecule has 0 unspecified atom stereocenters. The molecule has 0 bridgehead atoms. The van der Waals surface area contributed by atoms with Gasteiger partial charge < -0.3 is 10.1 Å². The third kappa shape index (κ3) is 5.01. The summed E-state index contributed by atoms with van der Waals surface area (Å²) in [5.74, 6) is -0.435. The van der Waals surface area contributed by atoms with Crippen LogP contribution < -0.4 is 5.32 Å². The first kappa shape index (κ1) is 16.8. The van der Waals surface area contributed by atoms with E-state index in [-0.39, 0.29) is 24.0 Å². The van der Waals surface area contributed by atoms with Crippen molar-refractivity contribution in [1.29, 1.82) is 0 Å². The largest absolute Gasteiger partial charge is 0.461 e. The molecule has 0 radical (unpaired) electrons. The van der Waals surface area contributed by atoms with E-state index < -0.39 is 5.97 Å². The normalized spacial score (nSPS) is 10.3. The van der Waals surface area contributed by atoms with E-state index in [2.05, 4.69) is 10.3 Å². The highest BCUT2D eigenvalue weighted by molar-refractivity contribution is 8.00. The fraction of sp³-hybridized carbons (Fsp3) is 0.214. The lowest BCUT2D eigenvalue weighted by molar-refractivity contribution is -0.113. The number of esters is 1. The van der Waals surface area contributed by atoms with E-state index in [4.69, 9.17) is 16.3 Å². The van der Waals surface area contributed by atoms with E-state index in [9.17, 15) is 9.59 Å². The van der Waals surface area contributed by atoms with Gasteiger partial charge in [-0.1, -0.05) is 11.6 Å². The molecule has 0 atom stereocenters. The summed E-state index contributed by atoms with van der Waals surface area (Å²) < 4.78 is 4.84. The summed E-state index contributed by atoms with van der Waals surface area (Å²) in [6, 6.07) is 7.24. The maximum Gasteiger partial charge on any atom is 0.357 e. The number of thiazole rings is 1. The fourth-order valence-electron chi connectivity index (χ4n) is 1.46. The van der Waals surface area contributed by atoms with Crippen molar-refractivity contribution in [2.24, 2.45) is 0 Å². The van der Waals surface area contributed by atoms with Gasteiger partial charge in [0.2, 0.25) is 5.91 Å². The number of hydrogen-bond acceptors (Lipinski definition) is 6. The highest BCUT2D eigenvalue weighted by Gasteiger charge is 2.13. The van der Waals surface area contributed by atoms with Crippen LogP contribution in [0.3, 0.4) is 0 Å². The fourth-order valence-corrected chi connectivity index (χ4v) is 2.99. The van der Waals surface area contributed by atoms with Crippen molar-refractivity contribution < 1.29 is 14.3 Å². The molecular weight excluding hydrogens is 344 g/mol. The molecule has 8 heteroatoms. The number of ether oxygens (including phenoxy) is 1. The molecule has 5 nitrogen and oxygen atoms in total. The maximum absolute atomic E-state index is 11.9. The second-order valence-electron chi connectivity index (χ2n) is 4.05. The van der Waals surface area contributed by atoms with Crippen LogP contribution in [0.2, 0.25) is 5.02 Å². The Hall–Kier alpha value is -1.57. The lowest BCUT2D eigenvalue weighted by Gasteiger charge is -2.02. The van der Waals surface area contributed by atoms with Gasteiger partial charge in [-0.3, -0.25) is 4.79 Å². The average molecular weight is 357 g/mol. The summed E-state index contributed by atoms with van der Waals surface area (Å²) in [6.07, 6.45) is 0. The zero-order valence-electron chi connectivity index (χ0n) is 11.7. The van der Waals surface area contributed by atoms with Gasteiger partial charge in [-0.15, -0.1) is 23.1 Å². The molecule has 2 aromatic rings. The molecule has 0 saturated carbocycles. The smallest absolute Gasteiger partial charge is 0.357 e. The second kappa shape index (κ2) is 8.17. The molecule has 22 heavy (non-hydrogen) atoms. The van der Waals surface area contributed by atoms with Crippen LogP contribution >= 0.6 is 34.7 Å². The lowest BCUT2D eigenvalue weighted by Crippen LogP contribution is -2.14. The number of nitrogens with zero attached hydrogens (tertiary/aromatic N) is 1. The molecule has 0 fully saturated rings. The van der Waals surface area contributed by atoms with Crippen LogP contribution in [0, 0.1) is 0 Å². The summed E-state index contributed by atoms with van der Waals surface area (Å²) in [7, 11) is 0. The van der Waals surface area contributed by atoms with Crippen LogP contribution in [0.1, 0.15) is 17.4 Å². The van der Waals surface area contributed by atoms with Crippen molar-refractivity contribution in [2.75, 3.05) is 17.7 Å². The zero-order valence-corrected chi connectivity index (χ0v) is 14.1. The molecule has 0 aliphatic rings. The Morgan fingerprint density at radius 2 is 2.09 bits per heavy atom. The van der Waals surface area contributed by atoms with Gasteiger partial charge in [0.25, 0.3) is 0 Å². The van der Waals surface area contributed by atoms with Gasteiger partial charge in [0.1, 0.15) is 0 Å². The van der Waals surface area contributed by atoms with Crippen LogP contribution in [0.5, 0.6) is 0 Å². The Bertz CT molecular complexity index is 658. The van der Waals surface area contributed by atoms with Gasteiger partial charge in [0.05, 0.1) is 12.4 Å². The van der Waals surface area contributed by atoms with Crippen molar-refractivity contribution >= 4 is 51.7 Å². The Balaban J connectivity index is 1.84. The third-order valence-corrected chi connectivity index (χ3v) is 4.44. The highest BCUT2D eigenvalue weighted by Crippen LogP contribution is 2.21. The van der Waals surface area contributed by atoms with Crippen molar-refractivity contribution in [2.45, 2.75) is 11.8 Å². The minimum atomic E-state index is -0.491. The molecule has 0 aliphatic carbocycles. The summed E-state index contributed by atoms with van der Waals surface area (Å²) in [5, 5.41) is 5.25. The Morgan fingerprint density at radius 3 is 2.77 bits per heavy atom. The minimum Gasteiger partial charge on any atom is -0.461 e. The Kier molecular flexibility index (Phi) is 6.23. The number of amides is 1. The van der Waals surface area contributed by atoms with E-state index >= 15 is 0 Å². The van der Waals surface area contributed by atoms with Gasteiger partial charge in [0.15, 0.2) is 10.8 Å². The summed E-state index contributed by atoms with van der Waals surface area (Å²) in [5.41, 5.74) is 0.201. The molecule has 116 valence electrons. The standard InChI is InChI=1S/C14H13ClN2O3S2/c1-2-20-13(19)11-7-22-14(16-11)17-12(18)8-21-10-5-3-9(15)4-6-10/h3-7H,2,8H2,1H3,(H,16,17,18). The quantitative estimate of drug-likeness (QED) is 0.631. The second-order valence-corrected chi connectivity index (χ2v) is 6.39. The predicted octanol–water partition coefficient (Wildman–Crippen LogP) is 3.70. The number of halogens is 1. The highest BCUT2D eigenvalue weighted by atomic mass is 35.5. The summed E-state index contributed by atoms with van der Waals surface area (Å²) in [4.78, 5) is 28.3. The van der Waals surface area contributed by atoms with Crippen molar-refractivity contribution in [3.05, 3.63) is 40.4 Å². The van der Waals surface area contributed by atoms with Crippen LogP contribution in [-0.2, 0) is 9.53 Å². The molecule has 2 rings (SSSR count). The van der Waals surface area contributed by atoms with Gasteiger partial charge in [-0.25, -0.2) is 9.78 Å². The topological polar surface area (TPSA) is 68.3 Å². The first-order chi connectivity index (χ1) is 10.6. The molecule has 0 spiro atoms. The zero-order chi connectivity index (χ0) is 15.9. The first-order valence-electron chi connectivity index (χ1n) is 6.39. The molecule has 1 amide bonds. The van der Waals surface area contributed by atoms with Gasteiger partial charge >= 0.3 is 5.97 Å². The van der Waals surface area contributed by atoms with Crippen LogP contribution in [0.25, 0.3) is 0 Å². The molecule has 1 aromatic carbocycles. The molecule has 0 aliphatic heterocycles. The maximum atomic E-state index is 11.9. The summed E-state index contributed by atoms with van der Waals surface area (Å²) >= 11 is 8.38. The van der Waals surface area contributed by atoms with E-state index in [1.54, 1.807) is 24.4 Å². The van der Waals surface area contributed by atoms with Crippen LogP contribution in [0.4, 0.5) is 5.13 Å². The number of rotatable bonds is 6. The van der Waals surface area contributed by atoms with Gasteiger partial charge in [0, 0.05) is 15.3 Å². The van der Waals surface area contributed by atoms with Crippen molar-refractivity contribution in [3.8, 4) is 0 Å². The number of anilines is 1. The van der Waals surface area contributed by atoms with E-state index in [1.807, 2.05) is 12.1 Å². The number of carbonyl (C=O) groups excluding carboxylic acids is 2. The number of benzene rings is 1. The van der Waals surface area contributed by atoms with E-state index in [0.29, 0.717) is 10.2 Å². The van der Waals surface area contributed by atoms with Gasteiger partial charge in [-0.05, 0) is 31.2 Å². The molecule has 1 N–H and O–H groups in total. The van der Waals surface area contributed by atoms with Crippen molar-refractivity contribution in [3.63, 3.8) is 0 Å². The predicted molar refractivity (Wildman–Crippen MR) is 88.9 cm³/mol. The van der Waals surface area contributed by atoms with Crippen LogP contribution in [0.15, 0.2) is 34.5 Å². The average Bonchev–Trinajstić information content (AvgIpc) is 2.95. The Labute approximate surface area is 141 Å². The monoisotopic (exact) mass is 356 g/mol. The number of hydrogen-bond donors (Lipinski definition) is 1. The molecule has 1 heterocycles. The lowest BCUT2D eigenvalue weighted by atomic mass is 10.4. The third-order valence-electron chi connectivity index (χ3n) is 2.42. The van der Waals surface area contributed by atoms with E-state index in [1.165, 1.54) is 23.1 Å². The summed E-state index contributed by atoms with van der Waals surface area (Å²) in [6.45, 7) is 2.01. The molecule has 1 aromatic heterocycles. The number of carbonyl (C=O) groups is 2. The SMILES string of the molecule is CCOC(=O)c1csc(NC(=O)CSc2ccc(Cl)cc2)n1.